The molecule has 2 N–H and O–H groups in total. The third-order valence-corrected chi connectivity index (χ3v) is 6.06. The molecule has 0 aliphatic rings. The number of carbonyl (C=O) groups excluding carboxylic acids is 1. The molecule has 6 nitrogen and oxygen atoms in total. The van der Waals surface area contributed by atoms with E-state index in [1.165, 1.54) is 17.7 Å². The van der Waals surface area contributed by atoms with E-state index >= 15 is 0 Å². The third kappa shape index (κ3) is 5.56. The lowest BCUT2D eigenvalue weighted by Gasteiger charge is -2.23. The van der Waals surface area contributed by atoms with Crippen molar-refractivity contribution in [1.82, 2.24) is 10.0 Å². The summed E-state index contributed by atoms with van der Waals surface area (Å²) >= 11 is 0. The van der Waals surface area contributed by atoms with E-state index in [-0.39, 0.29) is 10.8 Å². The maximum Gasteiger partial charge on any atom is 0.251 e. The molecule has 0 spiro atoms. The van der Waals surface area contributed by atoms with Gasteiger partial charge in [0.25, 0.3) is 5.91 Å². The van der Waals surface area contributed by atoms with Gasteiger partial charge in [0, 0.05) is 37.4 Å². The van der Waals surface area contributed by atoms with Crippen LogP contribution in [0.5, 0.6) is 0 Å². The smallest absolute Gasteiger partial charge is 0.251 e. The van der Waals surface area contributed by atoms with Crippen LogP contribution in [-0.2, 0) is 10.0 Å². The van der Waals surface area contributed by atoms with E-state index in [0.717, 1.165) is 17.8 Å². The van der Waals surface area contributed by atoms with Crippen LogP contribution in [0.1, 0.15) is 35.3 Å². The van der Waals surface area contributed by atoms with Gasteiger partial charge in [-0.15, -0.1) is 0 Å². The Bertz CT molecular complexity index is 926. The molecule has 0 radical (unpaired) electrons. The van der Waals surface area contributed by atoms with Crippen LogP contribution >= 0.6 is 0 Å². The summed E-state index contributed by atoms with van der Waals surface area (Å²) in [5.74, 6) is -0.272. The topological polar surface area (TPSA) is 78.5 Å². The predicted octanol–water partition coefficient (Wildman–Crippen LogP) is 2.86. The van der Waals surface area contributed by atoms with Gasteiger partial charge in [0.15, 0.2) is 0 Å². The van der Waals surface area contributed by atoms with Crippen LogP contribution in [0.3, 0.4) is 0 Å². The number of amides is 1. The van der Waals surface area contributed by atoms with Crippen molar-refractivity contribution < 1.29 is 13.2 Å². The molecule has 0 saturated heterocycles. The Kier molecular flexibility index (Phi) is 7.60. The second-order valence-corrected chi connectivity index (χ2v) is 8.42. The van der Waals surface area contributed by atoms with Crippen molar-refractivity contribution in [3.05, 3.63) is 59.2 Å². The molecule has 2 aromatic carbocycles. The van der Waals surface area contributed by atoms with Crippen molar-refractivity contribution in [2.45, 2.75) is 32.6 Å². The van der Waals surface area contributed by atoms with Crippen LogP contribution in [0.25, 0.3) is 0 Å². The van der Waals surface area contributed by atoms with Crippen LogP contribution in [0.2, 0.25) is 0 Å². The lowest BCUT2D eigenvalue weighted by molar-refractivity contribution is 0.0954. The van der Waals surface area contributed by atoms with Gasteiger partial charge in [-0.3, -0.25) is 4.79 Å². The lowest BCUT2D eigenvalue weighted by atomic mass is 10.1. The number of hydrogen-bond acceptors (Lipinski definition) is 4. The molecule has 0 aromatic heterocycles. The molecule has 0 atom stereocenters. The Labute approximate surface area is 168 Å². The first-order valence-corrected chi connectivity index (χ1v) is 11.0. The van der Waals surface area contributed by atoms with Crippen molar-refractivity contribution in [3.8, 4) is 0 Å². The standard InChI is InChI=1S/C21H29N3O3S/c1-5-23-28(26,27)19-11-10-17(4)20(15-19)21(25)22-12-13-24(6-2)18-9-7-8-16(3)14-18/h7-11,14-15,23H,5-6,12-13H2,1-4H3,(H,22,25). The van der Waals surface area contributed by atoms with Crippen LogP contribution in [0.4, 0.5) is 5.69 Å². The number of rotatable bonds is 9. The molecule has 0 saturated carbocycles. The first-order chi connectivity index (χ1) is 13.3. The fourth-order valence-electron chi connectivity index (χ4n) is 2.98. The van der Waals surface area contributed by atoms with Crippen molar-refractivity contribution >= 4 is 21.6 Å². The van der Waals surface area contributed by atoms with E-state index < -0.39 is 10.0 Å². The Hall–Kier alpha value is -2.38. The highest BCUT2D eigenvalue weighted by atomic mass is 32.2. The van der Waals surface area contributed by atoms with E-state index in [2.05, 4.69) is 47.0 Å². The lowest BCUT2D eigenvalue weighted by Crippen LogP contribution is -2.35. The first kappa shape index (κ1) is 21.9. The van der Waals surface area contributed by atoms with Crippen LogP contribution < -0.4 is 14.9 Å². The minimum absolute atomic E-state index is 0.0973. The predicted molar refractivity (Wildman–Crippen MR) is 113 cm³/mol. The van der Waals surface area contributed by atoms with Crippen molar-refractivity contribution in [2.24, 2.45) is 0 Å². The van der Waals surface area contributed by atoms with Gasteiger partial charge in [0.05, 0.1) is 4.90 Å². The zero-order valence-corrected chi connectivity index (χ0v) is 17.8. The molecule has 152 valence electrons. The van der Waals surface area contributed by atoms with Gasteiger partial charge in [0.1, 0.15) is 0 Å². The number of carbonyl (C=O) groups is 1. The van der Waals surface area contributed by atoms with Crippen molar-refractivity contribution in [3.63, 3.8) is 0 Å². The largest absolute Gasteiger partial charge is 0.370 e. The van der Waals surface area contributed by atoms with E-state index in [1.807, 2.05) is 6.07 Å². The molecule has 0 heterocycles. The number of sulfonamides is 1. The molecule has 0 unspecified atom stereocenters. The van der Waals surface area contributed by atoms with Gasteiger partial charge in [-0.1, -0.05) is 25.1 Å². The maximum atomic E-state index is 12.6. The molecule has 28 heavy (non-hydrogen) atoms. The van der Waals surface area contributed by atoms with Crippen LogP contribution in [0, 0.1) is 13.8 Å². The highest BCUT2D eigenvalue weighted by Gasteiger charge is 2.17. The average molecular weight is 404 g/mol. The fraction of sp³-hybridized carbons (Fsp3) is 0.381. The van der Waals surface area contributed by atoms with E-state index in [4.69, 9.17) is 0 Å². The summed E-state index contributed by atoms with van der Waals surface area (Å²) in [6.45, 7) is 9.89. The zero-order chi connectivity index (χ0) is 20.7. The third-order valence-electron chi connectivity index (χ3n) is 4.51. The van der Waals surface area contributed by atoms with Gasteiger partial charge in [-0.2, -0.15) is 0 Å². The average Bonchev–Trinajstić information content (AvgIpc) is 2.65. The number of anilines is 1. The van der Waals surface area contributed by atoms with Gasteiger partial charge in [-0.05, 0) is 56.2 Å². The summed E-state index contributed by atoms with van der Waals surface area (Å²) in [4.78, 5) is 14.9. The van der Waals surface area contributed by atoms with E-state index in [0.29, 0.717) is 25.2 Å². The fourth-order valence-corrected chi connectivity index (χ4v) is 4.05. The quantitative estimate of drug-likeness (QED) is 0.675. The molecule has 2 rings (SSSR count). The van der Waals surface area contributed by atoms with Crippen molar-refractivity contribution in [1.29, 1.82) is 0 Å². The highest BCUT2D eigenvalue weighted by molar-refractivity contribution is 7.89. The summed E-state index contributed by atoms with van der Waals surface area (Å²) in [5, 5.41) is 2.90. The Morgan fingerprint density at radius 2 is 1.82 bits per heavy atom. The minimum atomic E-state index is -3.60. The summed E-state index contributed by atoms with van der Waals surface area (Å²) in [6.07, 6.45) is 0. The molecule has 0 fully saturated rings. The van der Waals surface area contributed by atoms with E-state index in [9.17, 15) is 13.2 Å². The molecule has 7 heteroatoms. The molecule has 0 bridgehead atoms. The van der Waals surface area contributed by atoms with Crippen molar-refractivity contribution in [2.75, 3.05) is 31.1 Å². The molecule has 0 aliphatic heterocycles. The summed E-state index contributed by atoms with van der Waals surface area (Å²) < 4.78 is 26.8. The number of nitrogens with zero attached hydrogens (tertiary/aromatic N) is 1. The minimum Gasteiger partial charge on any atom is -0.370 e. The van der Waals surface area contributed by atoms with Crippen LogP contribution in [0.15, 0.2) is 47.4 Å². The number of aryl methyl sites for hydroxylation is 2. The monoisotopic (exact) mass is 403 g/mol. The first-order valence-electron chi connectivity index (χ1n) is 9.48. The van der Waals surface area contributed by atoms with Gasteiger partial charge in [-0.25, -0.2) is 13.1 Å². The number of hydrogen-bond donors (Lipinski definition) is 2. The second-order valence-electron chi connectivity index (χ2n) is 6.65. The Morgan fingerprint density at radius 1 is 1.07 bits per heavy atom. The molecule has 1 amide bonds. The second kappa shape index (κ2) is 9.71. The highest BCUT2D eigenvalue weighted by Crippen LogP contribution is 2.17. The normalized spacial score (nSPS) is 11.3. The maximum absolute atomic E-state index is 12.6. The summed E-state index contributed by atoms with van der Waals surface area (Å²) in [7, 11) is -3.60. The van der Waals surface area contributed by atoms with Gasteiger partial charge >= 0.3 is 0 Å². The zero-order valence-electron chi connectivity index (χ0n) is 17.0. The Morgan fingerprint density at radius 3 is 2.46 bits per heavy atom. The SMILES string of the molecule is CCNS(=O)(=O)c1ccc(C)c(C(=O)NCCN(CC)c2cccc(C)c2)c1. The number of likely N-dealkylation sites (N-methyl/N-ethyl adjacent to an activating group) is 1. The summed E-state index contributed by atoms with van der Waals surface area (Å²) in [6, 6.07) is 12.8. The summed E-state index contributed by atoms with van der Waals surface area (Å²) in [5.41, 5.74) is 3.41. The number of nitrogens with one attached hydrogen (secondary N) is 2. The van der Waals surface area contributed by atoms with Gasteiger partial charge < -0.3 is 10.2 Å². The van der Waals surface area contributed by atoms with Crippen LogP contribution in [-0.4, -0.2) is 40.5 Å². The molecule has 0 aliphatic carbocycles. The van der Waals surface area contributed by atoms with E-state index in [1.54, 1.807) is 19.9 Å². The molecular weight excluding hydrogens is 374 g/mol. The van der Waals surface area contributed by atoms with Gasteiger partial charge in [0.2, 0.25) is 10.0 Å². The Balaban J connectivity index is 2.06. The molecule has 2 aromatic rings. The number of benzene rings is 2. The molecular formula is C21H29N3O3S.